The number of benzene rings is 2. The largest absolute Gasteiger partial charge is 0.309 e. The first kappa shape index (κ1) is 10.3. The molecule has 1 aliphatic rings. The SMILES string of the molecule is c1ccc2c(CC3=NCCNN3)cccc2c1. The Morgan fingerprint density at radius 3 is 2.82 bits per heavy atom. The Morgan fingerprint density at radius 2 is 1.94 bits per heavy atom. The maximum atomic E-state index is 4.47. The summed E-state index contributed by atoms with van der Waals surface area (Å²) in [6, 6.07) is 14.9. The van der Waals surface area contributed by atoms with Gasteiger partial charge in [-0.2, -0.15) is 0 Å². The number of hydrogen-bond acceptors (Lipinski definition) is 3. The van der Waals surface area contributed by atoms with Crippen molar-refractivity contribution >= 4 is 16.6 Å². The van der Waals surface area contributed by atoms with Crippen molar-refractivity contribution in [2.24, 2.45) is 4.99 Å². The van der Waals surface area contributed by atoms with E-state index in [1.165, 1.54) is 16.3 Å². The summed E-state index contributed by atoms with van der Waals surface area (Å²) < 4.78 is 0. The minimum atomic E-state index is 0.854. The molecule has 0 fully saturated rings. The van der Waals surface area contributed by atoms with Crippen LogP contribution in [-0.4, -0.2) is 18.9 Å². The van der Waals surface area contributed by atoms with Gasteiger partial charge in [0.15, 0.2) is 0 Å². The van der Waals surface area contributed by atoms with Crippen molar-refractivity contribution in [2.45, 2.75) is 6.42 Å². The van der Waals surface area contributed by atoms with Gasteiger partial charge in [-0.1, -0.05) is 42.5 Å². The molecule has 1 aliphatic heterocycles. The van der Waals surface area contributed by atoms with Gasteiger partial charge in [-0.15, -0.1) is 0 Å². The molecule has 0 aliphatic carbocycles. The first-order valence-corrected chi connectivity index (χ1v) is 5.92. The molecule has 0 spiro atoms. The number of amidine groups is 1. The maximum absolute atomic E-state index is 4.47. The molecule has 0 unspecified atom stereocenters. The van der Waals surface area contributed by atoms with E-state index in [2.05, 4.69) is 58.3 Å². The predicted molar refractivity (Wildman–Crippen MR) is 71.1 cm³/mol. The number of fused-ring (bicyclic) bond motifs is 1. The summed E-state index contributed by atoms with van der Waals surface area (Å²) in [4.78, 5) is 4.47. The first-order chi connectivity index (χ1) is 8.43. The van der Waals surface area contributed by atoms with Crippen LogP contribution < -0.4 is 10.9 Å². The van der Waals surface area contributed by atoms with Gasteiger partial charge < -0.3 is 5.43 Å². The second-order valence-electron chi connectivity index (χ2n) is 4.20. The smallest absolute Gasteiger partial charge is 0.115 e. The van der Waals surface area contributed by atoms with Gasteiger partial charge in [-0.3, -0.25) is 4.99 Å². The molecular formula is C14H15N3. The standard InChI is InChI=1S/C14H15N3/c1-2-7-13-11(4-1)5-3-6-12(13)10-14-15-8-9-16-17-14/h1-7,16H,8-10H2,(H,15,17). The molecule has 0 saturated heterocycles. The van der Waals surface area contributed by atoms with Crippen molar-refractivity contribution in [3.63, 3.8) is 0 Å². The zero-order valence-electron chi connectivity index (χ0n) is 9.61. The minimum Gasteiger partial charge on any atom is -0.309 e. The Hall–Kier alpha value is -1.87. The predicted octanol–water partition coefficient (Wildman–Crippen LogP) is 1.89. The molecule has 2 N–H and O–H groups in total. The summed E-state index contributed by atoms with van der Waals surface area (Å²) in [5.41, 5.74) is 7.57. The highest BCUT2D eigenvalue weighted by Crippen LogP contribution is 2.19. The molecule has 3 nitrogen and oxygen atoms in total. The Bertz CT molecular complexity index is 555. The second kappa shape index (κ2) is 4.55. The second-order valence-corrected chi connectivity index (χ2v) is 4.20. The Kier molecular flexibility index (Phi) is 2.76. The molecule has 0 saturated carbocycles. The number of nitrogens with zero attached hydrogens (tertiary/aromatic N) is 1. The van der Waals surface area contributed by atoms with Crippen molar-refractivity contribution in [1.29, 1.82) is 0 Å². The molecule has 2 aromatic carbocycles. The molecule has 0 bridgehead atoms. The zero-order valence-corrected chi connectivity index (χ0v) is 9.61. The molecule has 0 radical (unpaired) electrons. The molecule has 0 amide bonds. The van der Waals surface area contributed by atoms with E-state index in [0.29, 0.717) is 0 Å². The third kappa shape index (κ3) is 2.15. The van der Waals surface area contributed by atoms with Crippen LogP contribution in [0.25, 0.3) is 10.8 Å². The lowest BCUT2D eigenvalue weighted by Crippen LogP contribution is -2.43. The summed E-state index contributed by atoms with van der Waals surface area (Å²) >= 11 is 0. The fourth-order valence-electron chi connectivity index (χ4n) is 2.18. The highest BCUT2D eigenvalue weighted by atomic mass is 15.4. The third-order valence-corrected chi connectivity index (χ3v) is 3.01. The lowest BCUT2D eigenvalue weighted by atomic mass is 10.0. The fraction of sp³-hybridized carbons (Fsp3) is 0.214. The van der Waals surface area contributed by atoms with Crippen molar-refractivity contribution in [3.8, 4) is 0 Å². The highest BCUT2D eigenvalue weighted by molar-refractivity contribution is 5.92. The van der Waals surface area contributed by atoms with Gasteiger partial charge in [0.2, 0.25) is 0 Å². The van der Waals surface area contributed by atoms with Crippen molar-refractivity contribution in [2.75, 3.05) is 13.1 Å². The van der Waals surface area contributed by atoms with Crippen LogP contribution in [0.1, 0.15) is 5.56 Å². The van der Waals surface area contributed by atoms with Crippen LogP contribution in [0.2, 0.25) is 0 Å². The van der Waals surface area contributed by atoms with E-state index < -0.39 is 0 Å². The van der Waals surface area contributed by atoms with E-state index in [4.69, 9.17) is 0 Å². The summed E-state index contributed by atoms with van der Waals surface area (Å²) in [5.74, 6) is 1.02. The zero-order chi connectivity index (χ0) is 11.5. The average Bonchev–Trinajstić information content (AvgIpc) is 2.40. The van der Waals surface area contributed by atoms with E-state index in [1.807, 2.05) is 0 Å². The lowest BCUT2D eigenvalue weighted by molar-refractivity contribution is 0.619. The molecule has 2 aromatic rings. The van der Waals surface area contributed by atoms with E-state index in [-0.39, 0.29) is 0 Å². The molecule has 3 heteroatoms. The van der Waals surface area contributed by atoms with Gasteiger partial charge in [-0.25, -0.2) is 5.43 Å². The number of rotatable bonds is 2. The summed E-state index contributed by atoms with van der Waals surface area (Å²) in [5, 5.41) is 2.60. The van der Waals surface area contributed by atoms with Gasteiger partial charge in [0.25, 0.3) is 0 Å². The van der Waals surface area contributed by atoms with Crippen LogP contribution in [0.5, 0.6) is 0 Å². The Morgan fingerprint density at radius 1 is 1.06 bits per heavy atom. The van der Waals surface area contributed by atoms with Crippen LogP contribution in [-0.2, 0) is 6.42 Å². The molecule has 86 valence electrons. The van der Waals surface area contributed by atoms with Gasteiger partial charge in [0.05, 0.1) is 6.54 Å². The van der Waals surface area contributed by atoms with E-state index >= 15 is 0 Å². The van der Waals surface area contributed by atoms with Crippen molar-refractivity contribution in [1.82, 2.24) is 10.9 Å². The lowest BCUT2D eigenvalue weighted by Gasteiger charge is -2.16. The van der Waals surface area contributed by atoms with E-state index in [1.54, 1.807) is 0 Å². The molecule has 17 heavy (non-hydrogen) atoms. The minimum absolute atomic E-state index is 0.854. The summed E-state index contributed by atoms with van der Waals surface area (Å²) in [6.45, 7) is 1.76. The van der Waals surface area contributed by atoms with Gasteiger partial charge in [-0.05, 0) is 16.3 Å². The Labute approximate surface area is 101 Å². The Balaban J connectivity index is 1.97. The number of nitrogens with one attached hydrogen (secondary N) is 2. The summed E-state index contributed by atoms with van der Waals surface area (Å²) in [7, 11) is 0. The van der Waals surface area contributed by atoms with E-state index in [0.717, 1.165) is 25.3 Å². The molecule has 0 atom stereocenters. The fourth-order valence-corrected chi connectivity index (χ4v) is 2.18. The van der Waals surface area contributed by atoms with Crippen molar-refractivity contribution in [3.05, 3.63) is 48.0 Å². The van der Waals surface area contributed by atoms with Crippen LogP contribution in [0, 0.1) is 0 Å². The van der Waals surface area contributed by atoms with Gasteiger partial charge in [0, 0.05) is 13.0 Å². The van der Waals surface area contributed by atoms with Gasteiger partial charge in [0.1, 0.15) is 5.84 Å². The third-order valence-electron chi connectivity index (χ3n) is 3.01. The first-order valence-electron chi connectivity index (χ1n) is 5.92. The quantitative estimate of drug-likeness (QED) is 0.819. The van der Waals surface area contributed by atoms with Gasteiger partial charge >= 0.3 is 0 Å². The summed E-state index contributed by atoms with van der Waals surface area (Å²) in [6.07, 6.45) is 0.856. The highest BCUT2D eigenvalue weighted by Gasteiger charge is 2.07. The average molecular weight is 225 g/mol. The maximum Gasteiger partial charge on any atom is 0.115 e. The molecular weight excluding hydrogens is 210 g/mol. The molecule has 1 heterocycles. The van der Waals surface area contributed by atoms with Crippen LogP contribution >= 0.6 is 0 Å². The number of hydrazine groups is 1. The normalized spacial score (nSPS) is 15.4. The topological polar surface area (TPSA) is 36.4 Å². The van der Waals surface area contributed by atoms with Crippen molar-refractivity contribution < 1.29 is 0 Å². The van der Waals surface area contributed by atoms with E-state index in [9.17, 15) is 0 Å². The number of aliphatic imine (C=N–C) groups is 1. The number of hydrogen-bond donors (Lipinski definition) is 2. The van der Waals surface area contributed by atoms with Crippen LogP contribution in [0.4, 0.5) is 0 Å². The van der Waals surface area contributed by atoms with Crippen LogP contribution in [0.15, 0.2) is 47.5 Å². The molecule has 3 rings (SSSR count). The van der Waals surface area contributed by atoms with Crippen LogP contribution in [0.3, 0.4) is 0 Å². The monoisotopic (exact) mass is 225 g/mol. The molecule has 0 aromatic heterocycles.